The van der Waals surface area contributed by atoms with Gasteiger partial charge in [-0.2, -0.15) is 0 Å². The van der Waals surface area contributed by atoms with Crippen LogP contribution in [-0.2, 0) is 9.59 Å². The molecule has 0 aliphatic carbocycles. The second-order valence-corrected chi connectivity index (χ2v) is 2.63. The summed E-state index contributed by atoms with van der Waals surface area (Å²) in [5, 5.41) is 10.5. The second-order valence-electron chi connectivity index (χ2n) is 2.63. The van der Waals surface area contributed by atoms with Crippen molar-refractivity contribution >= 4 is 11.9 Å². The minimum absolute atomic E-state index is 0. The molecule has 0 rings (SSSR count). The maximum Gasteiger partial charge on any atom is 1.00 e. The van der Waals surface area contributed by atoms with Gasteiger partial charge in [0.1, 0.15) is 6.54 Å². The van der Waals surface area contributed by atoms with E-state index >= 15 is 0 Å². The molecule has 4 nitrogen and oxygen atoms in total. The molecule has 70 valence electrons. The second kappa shape index (κ2) is 10.0. The van der Waals surface area contributed by atoms with E-state index < -0.39 is 5.97 Å². The van der Waals surface area contributed by atoms with Gasteiger partial charge in [0, 0.05) is 6.42 Å². The van der Waals surface area contributed by atoms with Gasteiger partial charge < -0.3 is 10.4 Å². The molecule has 0 aromatic rings. The van der Waals surface area contributed by atoms with Crippen LogP contribution < -0.4 is 34.9 Å². The fourth-order valence-electron chi connectivity index (χ4n) is 0.798. The summed E-state index contributed by atoms with van der Waals surface area (Å²) >= 11 is 0. The van der Waals surface area contributed by atoms with E-state index in [-0.39, 0.29) is 42.0 Å². The van der Waals surface area contributed by atoms with Gasteiger partial charge >= 0.3 is 35.5 Å². The van der Waals surface area contributed by atoms with E-state index in [2.05, 4.69) is 12.2 Å². The van der Waals surface area contributed by atoms with E-state index in [0.29, 0.717) is 6.42 Å². The Morgan fingerprint density at radius 3 is 2.38 bits per heavy atom. The first-order valence-electron chi connectivity index (χ1n) is 4.15. The first-order valence-corrected chi connectivity index (χ1v) is 4.15. The van der Waals surface area contributed by atoms with Crippen molar-refractivity contribution in [3.63, 3.8) is 0 Å². The summed E-state index contributed by atoms with van der Waals surface area (Å²) in [6.45, 7) is 1.78. The Morgan fingerprint density at radius 2 is 1.92 bits per heavy atom. The Hall–Kier alpha value is -0.0600. The zero-order valence-corrected chi connectivity index (χ0v) is 10.3. The van der Waals surface area contributed by atoms with Crippen LogP contribution >= 0.6 is 0 Å². The first kappa shape index (κ1) is 15.4. The Morgan fingerprint density at radius 1 is 1.31 bits per heavy atom. The van der Waals surface area contributed by atoms with Crippen molar-refractivity contribution in [3.05, 3.63) is 0 Å². The molecule has 5 heteroatoms. The van der Waals surface area contributed by atoms with E-state index in [0.717, 1.165) is 19.3 Å². The van der Waals surface area contributed by atoms with E-state index in [1.807, 2.05) is 0 Å². The van der Waals surface area contributed by atoms with E-state index in [1.54, 1.807) is 0 Å². The molecular formula is C8H15NNaO3+. The number of unbranched alkanes of at least 4 members (excludes halogenated alkanes) is 2. The summed E-state index contributed by atoms with van der Waals surface area (Å²) in [6.07, 6.45) is 3.34. The van der Waals surface area contributed by atoms with Crippen LogP contribution in [0.4, 0.5) is 0 Å². The zero-order valence-electron chi connectivity index (χ0n) is 8.30. The summed E-state index contributed by atoms with van der Waals surface area (Å²) in [6, 6.07) is 0. The molecule has 0 unspecified atom stereocenters. The standard InChI is InChI=1S/C8H15NO3.Na/c1-2-3-4-5-7(10)9-6-8(11)12;/h2-6H2,1H3,(H,9,10)(H,11,12);/q;+1. The topological polar surface area (TPSA) is 66.4 Å². The van der Waals surface area contributed by atoms with Gasteiger partial charge in [-0.1, -0.05) is 19.8 Å². The number of carboxylic acids is 1. The average molecular weight is 196 g/mol. The number of aliphatic carboxylic acids is 1. The van der Waals surface area contributed by atoms with Crippen molar-refractivity contribution in [1.82, 2.24) is 5.32 Å². The van der Waals surface area contributed by atoms with Crippen LogP contribution in [-0.4, -0.2) is 23.5 Å². The summed E-state index contributed by atoms with van der Waals surface area (Å²) in [5.41, 5.74) is 0. The molecule has 1 amide bonds. The van der Waals surface area contributed by atoms with Crippen molar-refractivity contribution in [2.45, 2.75) is 32.6 Å². The molecule has 0 aliphatic rings. The fraction of sp³-hybridized carbons (Fsp3) is 0.750. The van der Waals surface area contributed by atoms with E-state index in [9.17, 15) is 9.59 Å². The monoisotopic (exact) mass is 196 g/mol. The van der Waals surface area contributed by atoms with Crippen molar-refractivity contribution in [2.75, 3.05) is 6.54 Å². The van der Waals surface area contributed by atoms with Crippen LogP contribution in [0.15, 0.2) is 0 Å². The number of nitrogens with one attached hydrogen (secondary N) is 1. The van der Waals surface area contributed by atoms with Gasteiger partial charge in [0.2, 0.25) is 5.91 Å². The van der Waals surface area contributed by atoms with Gasteiger partial charge in [-0.05, 0) is 6.42 Å². The average Bonchev–Trinajstić information content (AvgIpc) is 2.01. The maximum absolute atomic E-state index is 10.8. The third-order valence-corrected chi connectivity index (χ3v) is 1.44. The van der Waals surface area contributed by atoms with Crippen LogP contribution in [0.5, 0.6) is 0 Å². The van der Waals surface area contributed by atoms with Crippen molar-refractivity contribution in [2.24, 2.45) is 0 Å². The van der Waals surface area contributed by atoms with Crippen molar-refractivity contribution in [3.8, 4) is 0 Å². The molecule has 0 heterocycles. The minimum Gasteiger partial charge on any atom is -0.480 e. The zero-order chi connectivity index (χ0) is 9.40. The number of carbonyl (C=O) groups excluding carboxylic acids is 1. The number of hydrogen-bond donors (Lipinski definition) is 2. The van der Waals surface area contributed by atoms with Gasteiger partial charge in [0.15, 0.2) is 0 Å². The van der Waals surface area contributed by atoms with Gasteiger partial charge in [-0.3, -0.25) is 9.59 Å². The van der Waals surface area contributed by atoms with Crippen LogP contribution in [0, 0.1) is 0 Å². The number of hydrogen-bond acceptors (Lipinski definition) is 2. The molecule has 0 aromatic carbocycles. The minimum atomic E-state index is -1.00. The Labute approximate surface area is 100 Å². The fourth-order valence-corrected chi connectivity index (χ4v) is 0.798. The van der Waals surface area contributed by atoms with Gasteiger partial charge in [-0.25, -0.2) is 0 Å². The summed E-state index contributed by atoms with van der Waals surface area (Å²) in [5.74, 6) is -1.18. The SMILES string of the molecule is CCCCCC(=O)NCC(=O)O.[Na+]. The predicted octanol–water partition coefficient (Wildman–Crippen LogP) is -2.23. The van der Waals surface area contributed by atoms with Crippen LogP contribution in [0.25, 0.3) is 0 Å². The number of carboxylic acid groups (broad SMARTS) is 1. The Kier molecular flexibility index (Phi) is 11.9. The first-order chi connectivity index (χ1) is 5.66. The maximum atomic E-state index is 10.8. The normalized spacial score (nSPS) is 8.69. The molecule has 0 aromatic heterocycles. The number of carbonyl (C=O) groups is 2. The molecule has 0 bridgehead atoms. The summed E-state index contributed by atoms with van der Waals surface area (Å²) in [4.78, 5) is 20.9. The molecular weight excluding hydrogens is 181 g/mol. The summed E-state index contributed by atoms with van der Waals surface area (Å²) in [7, 11) is 0. The molecule has 0 spiro atoms. The van der Waals surface area contributed by atoms with Crippen molar-refractivity contribution < 1.29 is 44.3 Å². The molecule has 2 N–H and O–H groups in total. The smallest absolute Gasteiger partial charge is 0.480 e. The molecule has 0 aliphatic heterocycles. The van der Waals surface area contributed by atoms with Gasteiger partial charge in [0.05, 0.1) is 0 Å². The Bertz CT molecular complexity index is 161. The molecule has 0 saturated heterocycles. The number of rotatable bonds is 6. The molecule has 0 fully saturated rings. The van der Waals surface area contributed by atoms with E-state index in [1.165, 1.54) is 0 Å². The van der Waals surface area contributed by atoms with Gasteiger partial charge in [0.25, 0.3) is 0 Å². The molecule has 0 atom stereocenters. The molecule has 13 heavy (non-hydrogen) atoms. The number of amides is 1. The van der Waals surface area contributed by atoms with Gasteiger partial charge in [-0.15, -0.1) is 0 Å². The van der Waals surface area contributed by atoms with Crippen molar-refractivity contribution in [1.29, 1.82) is 0 Å². The predicted molar refractivity (Wildman–Crippen MR) is 44.8 cm³/mol. The third-order valence-electron chi connectivity index (χ3n) is 1.44. The summed E-state index contributed by atoms with van der Waals surface area (Å²) < 4.78 is 0. The van der Waals surface area contributed by atoms with Crippen LogP contribution in [0.3, 0.4) is 0 Å². The van der Waals surface area contributed by atoms with Crippen LogP contribution in [0.1, 0.15) is 32.6 Å². The van der Waals surface area contributed by atoms with E-state index in [4.69, 9.17) is 5.11 Å². The third kappa shape index (κ3) is 11.9. The largest absolute Gasteiger partial charge is 1.00 e. The van der Waals surface area contributed by atoms with Crippen LogP contribution in [0.2, 0.25) is 0 Å². The Balaban J connectivity index is 0. The molecule has 0 saturated carbocycles. The molecule has 0 radical (unpaired) electrons. The quantitative estimate of drug-likeness (QED) is 0.373.